The zero-order valence-corrected chi connectivity index (χ0v) is 6.78. The number of fused-ring (bicyclic) bond motifs is 1. The lowest BCUT2D eigenvalue weighted by Crippen LogP contribution is -1.83. The third kappa shape index (κ3) is 0.960. The lowest BCUT2D eigenvalue weighted by atomic mass is 10.3. The Morgan fingerprint density at radius 2 is 2.25 bits per heavy atom. The molecule has 2 aromatic heterocycles. The Kier molecular flexibility index (Phi) is 1.38. The molecule has 0 radical (unpaired) electrons. The van der Waals surface area contributed by atoms with Crippen LogP contribution in [0, 0.1) is 19.3 Å². The summed E-state index contributed by atoms with van der Waals surface area (Å²) in [5.74, 6) is 2.58. The highest BCUT2D eigenvalue weighted by Crippen LogP contribution is 2.05. The third-order valence-electron chi connectivity index (χ3n) is 1.74. The number of imidazole rings is 1. The Bertz CT molecular complexity index is 460. The summed E-state index contributed by atoms with van der Waals surface area (Å²) in [6, 6.07) is 3.81. The predicted molar refractivity (Wildman–Crippen MR) is 47.9 cm³/mol. The number of aromatic nitrogens is 2. The summed E-state index contributed by atoms with van der Waals surface area (Å²) in [6.07, 6.45) is 9.12. The highest BCUT2D eigenvalue weighted by Gasteiger charge is 1.96. The normalized spacial score (nSPS) is 10.0. The van der Waals surface area contributed by atoms with E-state index >= 15 is 0 Å². The Hall–Kier alpha value is -1.75. The molecule has 0 aliphatic rings. The zero-order valence-electron chi connectivity index (χ0n) is 6.78. The Morgan fingerprint density at radius 3 is 3.00 bits per heavy atom. The van der Waals surface area contributed by atoms with Gasteiger partial charge in [-0.1, -0.05) is 5.92 Å². The van der Waals surface area contributed by atoms with Gasteiger partial charge in [0.25, 0.3) is 0 Å². The van der Waals surface area contributed by atoms with E-state index in [9.17, 15) is 0 Å². The summed E-state index contributed by atoms with van der Waals surface area (Å²) >= 11 is 0. The van der Waals surface area contributed by atoms with Gasteiger partial charge in [-0.25, -0.2) is 4.98 Å². The lowest BCUT2D eigenvalue weighted by molar-refractivity contribution is 1.18. The second kappa shape index (κ2) is 2.38. The molecule has 0 atom stereocenters. The maximum atomic E-state index is 5.26. The second-order valence-corrected chi connectivity index (χ2v) is 2.71. The lowest BCUT2D eigenvalue weighted by Gasteiger charge is -1.92. The molecule has 0 N–H and O–H groups in total. The largest absolute Gasteiger partial charge is 0.306 e. The van der Waals surface area contributed by atoms with E-state index in [0.717, 1.165) is 16.9 Å². The number of pyridine rings is 1. The smallest absolute Gasteiger partial charge is 0.137 e. The maximum absolute atomic E-state index is 5.26. The van der Waals surface area contributed by atoms with Crippen molar-refractivity contribution < 1.29 is 0 Å². The molecule has 2 heterocycles. The van der Waals surface area contributed by atoms with Gasteiger partial charge in [0, 0.05) is 18.0 Å². The van der Waals surface area contributed by atoms with Crippen molar-refractivity contribution in [2.24, 2.45) is 0 Å². The highest BCUT2D eigenvalue weighted by atomic mass is 15.0. The quantitative estimate of drug-likeness (QED) is 0.530. The van der Waals surface area contributed by atoms with Crippen LogP contribution in [-0.4, -0.2) is 9.38 Å². The average molecular weight is 156 g/mol. The van der Waals surface area contributed by atoms with E-state index < -0.39 is 0 Å². The molecular formula is C10H8N2. The molecule has 0 bridgehead atoms. The predicted octanol–water partition coefficient (Wildman–Crippen LogP) is 1.62. The molecule has 2 aromatic rings. The van der Waals surface area contributed by atoms with E-state index in [0.29, 0.717) is 0 Å². The SMILES string of the molecule is C#Cc1ccc2nc(C)cn2c1. The topological polar surface area (TPSA) is 17.3 Å². The summed E-state index contributed by atoms with van der Waals surface area (Å²) in [4.78, 5) is 4.28. The number of hydrogen-bond acceptors (Lipinski definition) is 1. The summed E-state index contributed by atoms with van der Waals surface area (Å²) in [5.41, 5.74) is 2.82. The number of terminal acetylenes is 1. The zero-order chi connectivity index (χ0) is 8.55. The summed E-state index contributed by atoms with van der Waals surface area (Å²) in [7, 11) is 0. The van der Waals surface area contributed by atoms with Crippen molar-refractivity contribution in [2.75, 3.05) is 0 Å². The van der Waals surface area contributed by atoms with Crippen LogP contribution < -0.4 is 0 Å². The molecular weight excluding hydrogens is 148 g/mol. The standard InChI is InChI=1S/C10H8N2/c1-3-9-4-5-10-11-8(2)6-12(10)7-9/h1,4-7H,2H3. The molecule has 2 rings (SSSR count). The van der Waals surface area contributed by atoms with Gasteiger partial charge in [0.05, 0.1) is 5.69 Å². The molecule has 0 aromatic carbocycles. The minimum absolute atomic E-state index is 0.875. The molecule has 0 unspecified atom stereocenters. The van der Waals surface area contributed by atoms with E-state index in [1.54, 1.807) is 0 Å². The van der Waals surface area contributed by atoms with Gasteiger partial charge < -0.3 is 4.40 Å². The molecule has 0 aliphatic carbocycles. The van der Waals surface area contributed by atoms with Crippen molar-refractivity contribution >= 4 is 5.65 Å². The Labute approximate surface area is 70.9 Å². The number of rotatable bonds is 0. The van der Waals surface area contributed by atoms with E-state index in [2.05, 4.69) is 10.9 Å². The molecule has 0 amide bonds. The number of aryl methyl sites for hydroxylation is 1. The van der Waals surface area contributed by atoms with Gasteiger partial charge in [-0.15, -0.1) is 6.42 Å². The minimum atomic E-state index is 0.875. The van der Waals surface area contributed by atoms with Crippen molar-refractivity contribution in [3.8, 4) is 12.3 Å². The van der Waals surface area contributed by atoms with Crippen LogP contribution in [0.5, 0.6) is 0 Å². The highest BCUT2D eigenvalue weighted by molar-refractivity contribution is 5.44. The molecule has 12 heavy (non-hydrogen) atoms. The van der Waals surface area contributed by atoms with Crippen molar-refractivity contribution in [2.45, 2.75) is 6.92 Å². The fourth-order valence-corrected chi connectivity index (χ4v) is 1.20. The van der Waals surface area contributed by atoms with E-state index in [1.807, 2.05) is 35.9 Å². The Balaban J connectivity index is 2.77. The minimum Gasteiger partial charge on any atom is -0.306 e. The van der Waals surface area contributed by atoms with Gasteiger partial charge >= 0.3 is 0 Å². The van der Waals surface area contributed by atoms with E-state index in [4.69, 9.17) is 6.42 Å². The van der Waals surface area contributed by atoms with E-state index in [1.165, 1.54) is 0 Å². The van der Waals surface area contributed by atoms with Crippen molar-refractivity contribution in [1.29, 1.82) is 0 Å². The molecule has 2 nitrogen and oxygen atoms in total. The van der Waals surface area contributed by atoms with Crippen LogP contribution in [0.4, 0.5) is 0 Å². The van der Waals surface area contributed by atoms with Crippen molar-refractivity contribution in [3.63, 3.8) is 0 Å². The van der Waals surface area contributed by atoms with Gasteiger partial charge in [-0.3, -0.25) is 0 Å². The van der Waals surface area contributed by atoms with Crippen LogP contribution in [-0.2, 0) is 0 Å². The van der Waals surface area contributed by atoms with Gasteiger partial charge in [-0.2, -0.15) is 0 Å². The third-order valence-corrected chi connectivity index (χ3v) is 1.74. The first kappa shape index (κ1) is 6.93. The summed E-state index contributed by atoms with van der Waals surface area (Å²) in [6.45, 7) is 1.96. The summed E-state index contributed by atoms with van der Waals surface area (Å²) in [5, 5.41) is 0. The molecule has 2 heteroatoms. The molecule has 0 aliphatic heterocycles. The van der Waals surface area contributed by atoms with Crippen LogP contribution in [0.1, 0.15) is 11.3 Å². The molecule has 0 spiro atoms. The fourth-order valence-electron chi connectivity index (χ4n) is 1.20. The van der Waals surface area contributed by atoms with Gasteiger partial charge in [0.2, 0.25) is 0 Å². The average Bonchev–Trinajstić information content (AvgIpc) is 2.43. The first-order valence-corrected chi connectivity index (χ1v) is 3.71. The van der Waals surface area contributed by atoms with Crippen LogP contribution in [0.2, 0.25) is 0 Å². The molecule has 0 fully saturated rings. The first-order chi connectivity index (χ1) is 5.79. The second-order valence-electron chi connectivity index (χ2n) is 2.71. The van der Waals surface area contributed by atoms with Crippen LogP contribution in [0.3, 0.4) is 0 Å². The van der Waals surface area contributed by atoms with Gasteiger partial charge in [-0.05, 0) is 19.1 Å². The maximum Gasteiger partial charge on any atom is 0.137 e. The Morgan fingerprint density at radius 1 is 1.42 bits per heavy atom. The van der Waals surface area contributed by atoms with E-state index in [-0.39, 0.29) is 0 Å². The van der Waals surface area contributed by atoms with Crippen LogP contribution in [0.15, 0.2) is 24.5 Å². The number of nitrogens with zero attached hydrogens (tertiary/aromatic N) is 2. The van der Waals surface area contributed by atoms with Gasteiger partial charge in [0.1, 0.15) is 5.65 Å². The van der Waals surface area contributed by atoms with Crippen molar-refractivity contribution in [1.82, 2.24) is 9.38 Å². The molecule has 0 saturated carbocycles. The van der Waals surface area contributed by atoms with Crippen LogP contribution >= 0.6 is 0 Å². The number of hydrogen-bond donors (Lipinski definition) is 0. The monoisotopic (exact) mass is 156 g/mol. The molecule has 58 valence electrons. The first-order valence-electron chi connectivity index (χ1n) is 3.71. The summed E-state index contributed by atoms with van der Waals surface area (Å²) < 4.78 is 1.94. The van der Waals surface area contributed by atoms with Crippen LogP contribution in [0.25, 0.3) is 5.65 Å². The van der Waals surface area contributed by atoms with Crippen molar-refractivity contribution in [3.05, 3.63) is 35.8 Å². The molecule has 0 saturated heterocycles. The van der Waals surface area contributed by atoms with Gasteiger partial charge in [0.15, 0.2) is 0 Å². The fraction of sp³-hybridized carbons (Fsp3) is 0.100.